The molecule has 1 atom stereocenters. The third-order valence-electron chi connectivity index (χ3n) is 6.16. The number of carboxylic acid groups (broad SMARTS) is 1. The molecule has 1 unspecified atom stereocenters. The molecule has 180 valence electrons. The van der Waals surface area contributed by atoms with Crippen LogP contribution >= 0.6 is 0 Å². The number of amides is 2. The summed E-state index contributed by atoms with van der Waals surface area (Å²) >= 11 is 0. The van der Waals surface area contributed by atoms with Crippen LogP contribution in [0.2, 0.25) is 0 Å². The third kappa shape index (κ3) is 5.51. The summed E-state index contributed by atoms with van der Waals surface area (Å²) in [5.74, 6) is -1.67. The Balaban J connectivity index is 1.32. The largest absolute Gasteiger partial charge is 0.480 e. The summed E-state index contributed by atoms with van der Waals surface area (Å²) in [4.78, 5) is 35.9. The minimum Gasteiger partial charge on any atom is -0.480 e. The van der Waals surface area contributed by atoms with E-state index in [-0.39, 0.29) is 30.8 Å². The minimum atomic E-state index is -1.06. The summed E-state index contributed by atoms with van der Waals surface area (Å²) in [5, 5.41) is 14.5. The molecule has 3 aromatic carbocycles. The number of benzene rings is 3. The molecule has 0 saturated carbocycles. The normalized spacial score (nSPS) is 13.0. The van der Waals surface area contributed by atoms with Crippen LogP contribution in [0.4, 0.5) is 10.5 Å². The van der Waals surface area contributed by atoms with Crippen molar-refractivity contribution in [3.8, 4) is 11.1 Å². The van der Waals surface area contributed by atoms with Crippen molar-refractivity contribution in [1.29, 1.82) is 0 Å². The van der Waals surface area contributed by atoms with Crippen LogP contribution < -0.4 is 10.6 Å². The van der Waals surface area contributed by atoms with Crippen molar-refractivity contribution in [2.75, 3.05) is 11.9 Å². The van der Waals surface area contributed by atoms with E-state index in [0.29, 0.717) is 11.3 Å². The molecule has 2 amide bonds. The van der Waals surface area contributed by atoms with Crippen LogP contribution in [-0.4, -0.2) is 35.7 Å². The Bertz CT molecular complexity index is 1190. The van der Waals surface area contributed by atoms with Crippen molar-refractivity contribution in [2.24, 2.45) is 5.92 Å². The van der Waals surface area contributed by atoms with E-state index in [1.165, 1.54) is 11.1 Å². The van der Waals surface area contributed by atoms with Gasteiger partial charge in [-0.2, -0.15) is 0 Å². The standard InChI is InChI=1S/C28H28N2O5/c1-17(2)26(27(32)33)30-25(31)15-18-11-13-19(14-12-18)29-28(34)35-16-24-22-9-5-3-7-20(22)21-8-4-6-10-23(21)24/h3-14,17,24,26H,15-16H2,1-2H3,(H,29,34)(H,30,31)(H,32,33). The molecule has 0 fully saturated rings. The van der Waals surface area contributed by atoms with E-state index in [0.717, 1.165) is 11.1 Å². The monoisotopic (exact) mass is 472 g/mol. The Morgan fingerprint density at radius 3 is 2.00 bits per heavy atom. The van der Waals surface area contributed by atoms with Crippen molar-refractivity contribution < 1.29 is 24.2 Å². The van der Waals surface area contributed by atoms with Crippen LogP contribution in [0.1, 0.15) is 36.5 Å². The number of hydrogen-bond acceptors (Lipinski definition) is 4. The Morgan fingerprint density at radius 2 is 1.46 bits per heavy atom. The van der Waals surface area contributed by atoms with Crippen LogP contribution in [-0.2, 0) is 20.7 Å². The van der Waals surface area contributed by atoms with E-state index in [9.17, 15) is 19.5 Å². The molecule has 7 heteroatoms. The van der Waals surface area contributed by atoms with Gasteiger partial charge in [0, 0.05) is 11.6 Å². The van der Waals surface area contributed by atoms with Gasteiger partial charge in [0.15, 0.2) is 0 Å². The fraction of sp³-hybridized carbons (Fsp3) is 0.250. The van der Waals surface area contributed by atoms with E-state index in [1.54, 1.807) is 38.1 Å². The molecular weight excluding hydrogens is 444 g/mol. The zero-order valence-corrected chi connectivity index (χ0v) is 19.7. The number of anilines is 1. The van der Waals surface area contributed by atoms with E-state index in [2.05, 4.69) is 34.9 Å². The maximum absolute atomic E-state index is 12.5. The predicted molar refractivity (Wildman–Crippen MR) is 133 cm³/mol. The van der Waals surface area contributed by atoms with Gasteiger partial charge in [-0.05, 0) is 45.9 Å². The van der Waals surface area contributed by atoms with Gasteiger partial charge >= 0.3 is 12.1 Å². The molecule has 0 spiro atoms. The van der Waals surface area contributed by atoms with Crippen molar-refractivity contribution in [3.05, 3.63) is 89.5 Å². The fourth-order valence-corrected chi connectivity index (χ4v) is 4.38. The first-order valence-electron chi connectivity index (χ1n) is 11.6. The molecule has 0 bridgehead atoms. The predicted octanol–water partition coefficient (Wildman–Crippen LogP) is 4.82. The van der Waals surface area contributed by atoms with Crippen LogP contribution in [0, 0.1) is 5.92 Å². The molecule has 3 N–H and O–H groups in total. The lowest BCUT2D eigenvalue weighted by atomic mass is 9.98. The van der Waals surface area contributed by atoms with Gasteiger partial charge in [0.1, 0.15) is 12.6 Å². The van der Waals surface area contributed by atoms with E-state index in [4.69, 9.17) is 4.74 Å². The van der Waals surface area contributed by atoms with Gasteiger partial charge in [0.2, 0.25) is 5.91 Å². The number of aliphatic carboxylic acids is 1. The second kappa shape index (κ2) is 10.4. The van der Waals surface area contributed by atoms with Gasteiger partial charge in [-0.3, -0.25) is 10.1 Å². The lowest BCUT2D eigenvalue weighted by Gasteiger charge is -2.18. The first kappa shape index (κ1) is 24.0. The van der Waals surface area contributed by atoms with E-state index >= 15 is 0 Å². The van der Waals surface area contributed by atoms with Gasteiger partial charge < -0.3 is 15.2 Å². The highest BCUT2D eigenvalue weighted by molar-refractivity contribution is 5.86. The fourth-order valence-electron chi connectivity index (χ4n) is 4.38. The Kier molecular flexibility index (Phi) is 7.15. The van der Waals surface area contributed by atoms with Gasteiger partial charge in [-0.1, -0.05) is 74.5 Å². The lowest BCUT2D eigenvalue weighted by molar-refractivity contribution is -0.143. The molecule has 35 heavy (non-hydrogen) atoms. The number of carbonyl (C=O) groups excluding carboxylic acids is 2. The van der Waals surface area contributed by atoms with E-state index in [1.807, 2.05) is 24.3 Å². The number of carboxylic acids is 1. The average Bonchev–Trinajstić information content (AvgIpc) is 3.16. The van der Waals surface area contributed by atoms with Crippen LogP contribution in [0.25, 0.3) is 11.1 Å². The molecule has 1 aliphatic carbocycles. The number of hydrogen-bond donors (Lipinski definition) is 3. The molecule has 0 aliphatic heterocycles. The molecule has 0 heterocycles. The van der Waals surface area contributed by atoms with Crippen molar-refractivity contribution >= 4 is 23.7 Å². The molecular formula is C28H28N2O5. The highest BCUT2D eigenvalue weighted by Gasteiger charge is 2.29. The van der Waals surface area contributed by atoms with E-state index < -0.39 is 18.1 Å². The van der Waals surface area contributed by atoms with Crippen molar-refractivity contribution in [2.45, 2.75) is 32.2 Å². The molecule has 0 saturated heterocycles. The number of ether oxygens (including phenoxy) is 1. The minimum absolute atomic E-state index is 0.0190. The Labute approximate surface area is 204 Å². The summed E-state index contributed by atoms with van der Waals surface area (Å²) in [6, 6.07) is 22.1. The summed E-state index contributed by atoms with van der Waals surface area (Å²) in [6.07, 6.45) is -0.513. The average molecular weight is 473 g/mol. The topological polar surface area (TPSA) is 105 Å². The van der Waals surface area contributed by atoms with Crippen LogP contribution in [0.15, 0.2) is 72.8 Å². The van der Waals surface area contributed by atoms with Crippen molar-refractivity contribution in [1.82, 2.24) is 5.32 Å². The maximum Gasteiger partial charge on any atom is 0.411 e. The molecule has 1 aliphatic rings. The number of nitrogens with one attached hydrogen (secondary N) is 2. The maximum atomic E-state index is 12.5. The smallest absolute Gasteiger partial charge is 0.411 e. The van der Waals surface area contributed by atoms with Crippen LogP contribution in [0.5, 0.6) is 0 Å². The number of carbonyl (C=O) groups is 3. The first-order chi connectivity index (χ1) is 16.8. The SMILES string of the molecule is CC(C)C(NC(=O)Cc1ccc(NC(=O)OCC2c3ccccc3-c3ccccc32)cc1)C(=O)O. The number of fused-ring (bicyclic) bond motifs is 3. The highest BCUT2D eigenvalue weighted by Crippen LogP contribution is 2.44. The first-order valence-corrected chi connectivity index (χ1v) is 11.6. The lowest BCUT2D eigenvalue weighted by Crippen LogP contribution is -2.44. The molecule has 0 radical (unpaired) electrons. The number of rotatable bonds is 8. The summed E-state index contributed by atoms with van der Waals surface area (Å²) in [6.45, 7) is 3.70. The zero-order valence-electron chi connectivity index (χ0n) is 19.7. The Morgan fingerprint density at radius 1 is 0.886 bits per heavy atom. The summed E-state index contributed by atoms with van der Waals surface area (Å²) in [5.41, 5.74) is 5.86. The molecule has 0 aromatic heterocycles. The summed E-state index contributed by atoms with van der Waals surface area (Å²) in [7, 11) is 0. The zero-order chi connectivity index (χ0) is 24.9. The molecule has 4 rings (SSSR count). The molecule has 3 aromatic rings. The third-order valence-corrected chi connectivity index (χ3v) is 6.16. The second-order valence-electron chi connectivity index (χ2n) is 8.95. The summed E-state index contributed by atoms with van der Waals surface area (Å²) < 4.78 is 5.56. The van der Waals surface area contributed by atoms with Gasteiger partial charge in [0.25, 0.3) is 0 Å². The van der Waals surface area contributed by atoms with Crippen LogP contribution in [0.3, 0.4) is 0 Å². The Hall–Kier alpha value is -4.13. The van der Waals surface area contributed by atoms with Crippen molar-refractivity contribution in [3.63, 3.8) is 0 Å². The highest BCUT2D eigenvalue weighted by atomic mass is 16.5. The quantitative estimate of drug-likeness (QED) is 0.436. The molecule has 7 nitrogen and oxygen atoms in total. The second-order valence-corrected chi connectivity index (χ2v) is 8.95. The van der Waals surface area contributed by atoms with Gasteiger partial charge in [-0.15, -0.1) is 0 Å². The van der Waals surface area contributed by atoms with Gasteiger partial charge in [0.05, 0.1) is 6.42 Å². The van der Waals surface area contributed by atoms with Gasteiger partial charge in [-0.25, -0.2) is 9.59 Å².